The van der Waals surface area contributed by atoms with E-state index >= 15 is 0 Å². The Balaban J connectivity index is 2.67. The Bertz CT molecular complexity index is 508. The van der Waals surface area contributed by atoms with E-state index in [9.17, 15) is 4.79 Å². The van der Waals surface area contributed by atoms with E-state index in [0.717, 1.165) is 10.8 Å². The van der Waals surface area contributed by atoms with E-state index in [4.69, 9.17) is 19.4 Å². The lowest BCUT2D eigenvalue weighted by atomic mass is 9.93. The van der Waals surface area contributed by atoms with Gasteiger partial charge in [-0.25, -0.2) is 0 Å². The second-order valence-electron chi connectivity index (χ2n) is 3.10. The zero-order valence-electron chi connectivity index (χ0n) is 7.33. The number of hydrogen-bond donors (Lipinski definition) is 0. The molecule has 66 valence electrons. The fourth-order valence-corrected chi connectivity index (χ4v) is 1.50. The van der Waals surface area contributed by atoms with Gasteiger partial charge >= 0.3 is 0 Å². The molecule has 2 aromatic carbocycles. The molecule has 0 heterocycles. The maximum atomic E-state index is 10.9. The molecule has 0 amide bonds. The molecule has 0 aliphatic heterocycles. The smallest absolute Gasteiger partial charge is 0.252 e. The second kappa shape index (κ2) is 3.47. The molecule has 14 heavy (non-hydrogen) atoms. The molecule has 0 saturated heterocycles. The highest BCUT2D eigenvalue weighted by Gasteiger charge is 2.02. The minimum Gasteiger partial charge on any atom is -0.276 e. The van der Waals surface area contributed by atoms with Gasteiger partial charge in [0.15, 0.2) is 0 Å². The minimum atomic E-state index is -0.441. The first kappa shape index (κ1) is 9.29. The van der Waals surface area contributed by atoms with Crippen LogP contribution >= 0.6 is 11.6 Å². The molecule has 3 heteroatoms. The maximum absolute atomic E-state index is 10.9. The van der Waals surface area contributed by atoms with Crippen molar-refractivity contribution in [1.82, 2.24) is 0 Å². The average Bonchev–Trinajstić information content (AvgIpc) is 2.16. The van der Waals surface area contributed by atoms with Crippen molar-refractivity contribution < 1.29 is 4.79 Å². The van der Waals surface area contributed by atoms with E-state index < -0.39 is 5.24 Å². The van der Waals surface area contributed by atoms with E-state index in [0.29, 0.717) is 11.0 Å². The van der Waals surface area contributed by atoms with Crippen molar-refractivity contribution in [1.29, 1.82) is 0 Å². The third kappa shape index (κ3) is 1.66. The summed E-state index contributed by atoms with van der Waals surface area (Å²) in [6, 6.07) is 10.8. The molecular formula is C11H6BClO. The molecule has 0 saturated carbocycles. The van der Waals surface area contributed by atoms with Crippen LogP contribution < -0.4 is 5.46 Å². The molecule has 2 aromatic rings. The number of benzene rings is 2. The predicted molar refractivity (Wildman–Crippen MR) is 59.5 cm³/mol. The van der Waals surface area contributed by atoms with Crippen LogP contribution in [-0.2, 0) is 0 Å². The second-order valence-corrected chi connectivity index (χ2v) is 3.44. The summed E-state index contributed by atoms with van der Waals surface area (Å²) in [5.41, 5.74) is 1.21. The number of halogens is 1. The van der Waals surface area contributed by atoms with Crippen molar-refractivity contribution in [3.05, 3.63) is 42.0 Å². The molecule has 1 nitrogen and oxygen atoms in total. The summed E-state index contributed by atoms with van der Waals surface area (Å²) in [5.74, 6) is 0. The summed E-state index contributed by atoms with van der Waals surface area (Å²) in [5, 5.41) is 1.53. The molecule has 2 rings (SSSR count). The molecule has 0 N–H and O–H groups in total. The fourth-order valence-electron chi connectivity index (χ4n) is 1.39. The van der Waals surface area contributed by atoms with E-state index in [-0.39, 0.29) is 0 Å². The first-order valence-corrected chi connectivity index (χ1v) is 4.54. The first-order chi connectivity index (χ1) is 6.66. The third-order valence-corrected chi connectivity index (χ3v) is 2.31. The van der Waals surface area contributed by atoms with Crippen molar-refractivity contribution in [2.24, 2.45) is 0 Å². The summed E-state index contributed by atoms with van der Waals surface area (Å²) in [6.07, 6.45) is 0. The van der Waals surface area contributed by atoms with E-state index in [1.807, 2.05) is 18.2 Å². The number of fused-ring (bicyclic) bond motifs is 1. The summed E-state index contributed by atoms with van der Waals surface area (Å²) in [7, 11) is 5.63. The monoisotopic (exact) mass is 200 g/mol. The molecule has 0 atom stereocenters. The van der Waals surface area contributed by atoms with Gasteiger partial charge in [0.05, 0.1) is 0 Å². The Morgan fingerprint density at radius 2 is 1.71 bits per heavy atom. The van der Waals surface area contributed by atoms with Crippen LogP contribution in [0, 0.1) is 0 Å². The number of rotatable bonds is 1. The molecule has 2 radical (unpaired) electrons. The summed E-state index contributed by atoms with van der Waals surface area (Å²) < 4.78 is 0. The molecule has 0 aliphatic carbocycles. The highest BCUT2D eigenvalue weighted by Crippen LogP contribution is 2.15. The third-order valence-electron chi connectivity index (χ3n) is 2.09. The fraction of sp³-hybridized carbons (Fsp3) is 0. The quantitative estimate of drug-likeness (QED) is 0.508. The van der Waals surface area contributed by atoms with Gasteiger partial charge in [-0.2, -0.15) is 0 Å². The Morgan fingerprint density at radius 1 is 1.07 bits per heavy atom. The Labute approximate surface area is 88.1 Å². The van der Waals surface area contributed by atoms with Gasteiger partial charge in [-0.3, -0.25) is 4.79 Å². The van der Waals surface area contributed by atoms with Crippen molar-refractivity contribution in [3.8, 4) is 0 Å². The lowest BCUT2D eigenvalue weighted by Gasteiger charge is -2.00. The van der Waals surface area contributed by atoms with Crippen molar-refractivity contribution >= 4 is 40.9 Å². The standard InChI is InChI=1S/C11H6BClO/c12-10-4-3-7-5-9(11(13)14)2-1-8(7)6-10/h1-6H. The first-order valence-electron chi connectivity index (χ1n) is 4.16. The molecule has 0 fully saturated rings. The van der Waals surface area contributed by atoms with Crippen LogP contribution in [0.3, 0.4) is 0 Å². The summed E-state index contributed by atoms with van der Waals surface area (Å²) in [4.78, 5) is 10.9. The number of hydrogen-bond acceptors (Lipinski definition) is 1. The van der Waals surface area contributed by atoms with Crippen LogP contribution in [-0.4, -0.2) is 13.1 Å². The van der Waals surface area contributed by atoms with Crippen LogP contribution in [0.2, 0.25) is 0 Å². The lowest BCUT2D eigenvalue weighted by Crippen LogP contribution is -2.00. The van der Waals surface area contributed by atoms with Gasteiger partial charge in [0.25, 0.3) is 5.24 Å². The largest absolute Gasteiger partial charge is 0.276 e. The van der Waals surface area contributed by atoms with E-state index in [1.165, 1.54) is 0 Å². The van der Waals surface area contributed by atoms with Gasteiger partial charge in [-0.15, -0.1) is 0 Å². The van der Waals surface area contributed by atoms with Gasteiger partial charge in [0.2, 0.25) is 0 Å². The average molecular weight is 200 g/mol. The Hall–Kier alpha value is -1.28. The molecule has 0 unspecified atom stereocenters. The van der Waals surface area contributed by atoms with Crippen LogP contribution in [0.25, 0.3) is 10.8 Å². The van der Waals surface area contributed by atoms with Gasteiger partial charge in [-0.1, -0.05) is 29.7 Å². The molecular weight excluding hydrogens is 194 g/mol. The van der Waals surface area contributed by atoms with Crippen LogP contribution in [0.5, 0.6) is 0 Å². The van der Waals surface area contributed by atoms with Crippen molar-refractivity contribution in [3.63, 3.8) is 0 Å². The predicted octanol–water partition coefficient (Wildman–Crippen LogP) is 2.01. The van der Waals surface area contributed by atoms with E-state index in [1.54, 1.807) is 18.2 Å². The minimum absolute atomic E-state index is 0.441. The maximum Gasteiger partial charge on any atom is 0.252 e. The Morgan fingerprint density at radius 3 is 2.43 bits per heavy atom. The van der Waals surface area contributed by atoms with Gasteiger partial charge in [0.1, 0.15) is 7.85 Å². The molecule has 0 spiro atoms. The SMILES string of the molecule is [B]c1ccc2cc(C(=O)Cl)ccc2c1. The van der Waals surface area contributed by atoms with Gasteiger partial charge < -0.3 is 0 Å². The van der Waals surface area contributed by atoms with Crippen molar-refractivity contribution in [2.45, 2.75) is 0 Å². The van der Waals surface area contributed by atoms with Crippen LogP contribution in [0.4, 0.5) is 0 Å². The zero-order valence-corrected chi connectivity index (χ0v) is 8.08. The Kier molecular flexibility index (Phi) is 2.30. The highest BCUT2D eigenvalue weighted by atomic mass is 35.5. The zero-order chi connectivity index (χ0) is 10.1. The van der Waals surface area contributed by atoms with Crippen LogP contribution in [0.15, 0.2) is 36.4 Å². The summed E-state index contributed by atoms with van der Waals surface area (Å²) in [6.45, 7) is 0. The van der Waals surface area contributed by atoms with Crippen molar-refractivity contribution in [2.75, 3.05) is 0 Å². The molecule has 0 aromatic heterocycles. The van der Waals surface area contributed by atoms with E-state index in [2.05, 4.69) is 0 Å². The highest BCUT2D eigenvalue weighted by molar-refractivity contribution is 6.67. The van der Waals surface area contributed by atoms with Gasteiger partial charge in [-0.05, 0) is 34.5 Å². The normalized spacial score (nSPS) is 10.4. The lowest BCUT2D eigenvalue weighted by molar-refractivity contribution is 0.108. The molecule has 0 bridgehead atoms. The number of carbonyl (C=O) groups excluding carboxylic acids is 1. The topological polar surface area (TPSA) is 17.1 Å². The molecule has 0 aliphatic rings. The van der Waals surface area contributed by atoms with Crippen LogP contribution in [0.1, 0.15) is 10.4 Å². The number of carbonyl (C=O) groups is 1. The van der Waals surface area contributed by atoms with Gasteiger partial charge in [0, 0.05) is 5.56 Å². The summed E-state index contributed by atoms with van der Waals surface area (Å²) >= 11 is 5.37.